The lowest BCUT2D eigenvalue weighted by molar-refractivity contribution is 0.348. The molecule has 84 valence electrons. The molecule has 2 heterocycles. The van der Waals surface area contributed by atoms with E-state index in [9.17, 15) is 4.39 Å². The summed E-state index contributed by atoms with van der Waals surface area (Å²) in [6, 6.07) is 3.66. The third-order valence-corrected chi connectivity index (χ3v) is 2.18. The van der Waals surface area contributed by atoms with Gasteiger partial charge in [0.2, 0.25) is 0 Å². The van der Waals surface area contributed by atoms with Crippen LogP contribution in [0.15, 0.2) is 24.5 Å². The number of rotatable bonds is 4. The van der Waals surface area contributed by atoms with Gasteiger partial charge in [0.25, 0.3) is 0 Å². The number of alkyl halides is 1. The van der Waals surface area contributed by atoms with Gasteiger partial charge in [-0.25, -0.2) is 14.4 Å². The number of aromatic nitrogens is 3. The van der Waals surface area contributed by atoms with E-state index in [0.29, 0.717) is 24.4 Å². The molecule has 2 aromatic heterocycles. The van der Waals surface area contributed by atoms with E-state index in [-0.39, 0.29) is 0 Å². The summed E-state index contributed by atoms with van der Waals surface area (Å²) in [5.74, 6) is 0.702. The van der Waals surface area contributed by atoms with Gasteiger partial charge in [-0.15, -0.1) is 0 Å². The van der Waals surface area contributed by atoms with E-state index in [2.05, 4.69) is 20.3 Å². The topological polar surface area (TPSA) is 50.7 Å². The van der Waals surface area contributed by atoms with E-state index in [0.717, 1.165) is 5.52 Å². The number of nitrogens with zero attached hydrogens (tertiary/aromatic N) is 3. The quantitative estimate of drug-likeness (QED) is 0.858. The second kappa shape index (κ2) is 4.83. The molecule has 0 amide bonds. The van der Waals surface area contributed by atoms with E-state index in [1.807, 2.05) is 12.1 Å². The normalized spacial score (nSPS) is 12.6. The van der Waals surface area contributed by atoms with Gasteiger partial charge in [-0.2, -0.15) is 0 Å². The molecule has 0 aliphatic rings. The first kappa shape index (κ1) is 10.7. The van der Waals surface area contributed by atoms with Crippen LogP contribution in [0, 0.1) is 0 Å². The molecule has 0 fully saturated rings. The van der Waals surface area contributed by atoms with Gasteiger partial charge >= 0.3 is 0 Å². The molecule has 0 saturated carbocycles. The summed E-state index contributed by atoms with van der Waals surface area (Å²) < 4.78 is 12.6. The number of pyridine rings is 1. The van der Waals surface area contributed by atoms with Crippen LogP contribution in [-0.4, -0.2) is 27.7 Å². The van der Waals surface area contributed by atoms with Crippen LogP contribution in [0.5, 0.6) is 0 Å². The number of anilines is 1. The Labute approximate surface area is 92.9 Å². The van der Waals surface area contributed by atoms with Gasteiger partial charge in [0, 0.05) is 18.9 Å². The van der Waals surface area contributed by atoms with Crippen molar-refractivity contribution in [2.75, 3.05) is 11.9 Å². The summed E-state index contributed by atoms with van der Waals surface area (Å²) in [7, 11) is 0. The minimum atomic E-state index is -0.798. The molecule has 5 heteroatoms. The van der Waals surface area contributed by atoms with Crippen molar-refractivity contribution in [2.24, 2.45) is 0 Å². The zero-order valence-corrected chi connectivity index (χ0v) is 9.02. The van der Waals surface area contributed by atoms with Gasteiger partial charge in [-0.05, 0) is 25.5 Å². The zero-order chi connectivity index (χ0) is 11.4. The number of hydrogen-bond acceptors (Lipinski definition) is 4. The molecule has 16 heavy (non-hydrogen) atoms. The molecule has 2 aromatic rings. The van der Waals surface area contributed by atoms with E-state index < -0.39 is 6.17 Å². The molecule has 1 atom stereocenters. The molecule has 0 aromatic carbocycles. The van der Waals surface area contributed by atoms with Crippen LogP contribution in [0.25, 0.3) is 11.2 Å². The fourth-order valence-electron chi connectivity index (χ4n) is 1.35. The zero-order valence-electron chi connectivity index (χ0n) is 9.02. The highest BCUT2D eigenvalue weighted by molar-refractivity contribution is 5.71. The lowest BCUT2D eigenvalue weighted by Gasteiger charge is -2.06. The largest absolute Gasteiger partial charge is 0.370 e. The lowest BCUT2D eigenvalue weighted by Crippen LogP contribution is -2.08. The smallest absolute Gasteiger partial charge is 0.180 e. The van der Waals surface area contributed by atoms with Crippen molar-refractivity contribution < 1.29 is 4.39 Å². The molecule has 0 saturated heterocycles. The van der Waals surface area contributed by atoms with Crippen molar-refractivity contribution in [2.45, 2.75) is 19.5 Å². The molecular weight excluding hydrogens is 207 g/mol. The molecule has 2 rings (SSSR count). The second-order valence-electron chi connectivity index (χ2n) is 3.59. The summed E-state index contributed by atoms with van der Waals surface area (Å²) in [5, 5.41) is 3.05. The van der Waals surface area contributed by atoms with Crippen LogP contribution < -0.4 is 5.32 Å². The van der Waals surface area contributed by atoms with Crippen LogP contribution in [0.2, 0.25) is 0 Å². The van der Waals surface area contributed by atoms with Gasteiger partial charge in [-0.3, -0.25) is 4.98 Å². The number of nitrogens with one attached hydrogen (secondary N) is 1. The molecule has 1 N–H and O–H groups in total. The molecule has 1 unspecified atom stereocenters. The van der Waals surface area contributed by atoms with E-state index >= 15 is 0 Å². The first-order valence-corrected chi connectivity index (χ1v) is 5.21. The van der Waals surface area contributed by atoms with Crippen LogP contribution in [0.3, 0.4) is 0 Å². The average molecular weight is 220 g/mol. The molecule has 0 aliphatic heterocycles. The van der Waals surface area contributed by atoms with Gasteiger partial charge in [0.05, 0.1) is 6.17 Å². The fraction of sp³-hybridized carbons (Fsp3) is 0.364. The third kappa shape index (κ3) is 2.62. The highest BCUT2D eigenvalue weighted by Crippen LogP contribution is 2.10. The Morgan fingerprint density at radius 1 is 1.31 bits per heavy atom. The first-order chi connectivity index (χ1) is 7.75. The minimum absolute atomic E-state index is 0.472. The standard InChI is InChI=1S/C11H13FN4/c1-8(12)4-5-14-10-3-2-9-11(16-10)15-7-6-13-9/h2-3,6-8H,4-5H2,1H3,(H,14,15,16). The van der Waals surface area contributed by atoms with Crippen molar-refractivity contribution in [3.63, 3.8) is 0 Å². The number of fused-ring (bicyclic) bond motifs is 1. The predicted octanol–water partition coefficient (Wildman–Crippen LogP) is 2.18. The van der Waals surface area contributed by atoms with Crippen molar-refractivity contribution in [3.8, 4) is 0 Å². The van der Waals surface area contributed by atoms with Crippen molar-refractivity contribution in [1.29, 1.82) is 0 Å². The van der Waals surface area contributed by atoms with E-state index in [1.165, 1.54) is 0 Å². The second-order valence-corrected chi connectivity index (χ2v) is 3.59. The van der Waals surface area contributed by atoms with Crippen LogP contribution >= 0.6 is 0 Å². The number of halogens is 1. The monoisotopic (exact) mass is 220 g/mol. The summed E-state index contributed by atoms with van der Waals surface area (Å²) in [4.78, 5) is 12.5. The van der Waals surface area contributed by atoms with Crippen LogP contribution in [0.1, 0.15) is 13.3 Å². The van der Waals surface area contributed by atoms with Gasteiger partial charge in [0.1, 0.15) is 11.3 Å². The Kier molecular flexibility index (Phi) is 3.24. The summed E-state index contributed by atoms with van der Waals surface area (Å²) in [5.41, 5.74) is 1.35. The van der Waals surface area contributed by atoms with Gasteiger partial charge < -0.3 is 5.32 Å². The Bertz CT molecular complexity index is 472. The average Bonchev–Trinajstić information content (AvgIpc) is 2.28. The van der Waals surface area contributed by atoms with E-state index in [1.54, 1.807) is 19.3 Å². The van der Waals surface area contributed by atoms with Crippen molar-refractivity contribution in [3.05, 3.63) is 24.5 Å². The summed E-state index contributed by atoms with van der Waals surface area (Å²) >= 11 is 0. The highest BCUT2D eigenvalue weighted by atomic mass is 19.1. The van der Waals surface area contributed by atoms with Gasteiger partial charge in [0.15, 0.2) is 5.65 Å². The Morgan fingerprint density at radius 3 is 2.94 bits per heavy atom. The SMILES string of the molecule is CC(F)CCNc1ccc2nccnc2n1. The van der Waals surface area contributed by atoms with Gasteiger partial charge in [-0.1, -0.05) is 0 Å². The Balaban J connectivity index is 2.08. The maximum atomic E-state index is 12.6. The van der Waals surface area contributed by atoms with Crippen LogP contribution in [0.4, 0.5) is 10.2 Å². The summed E-state index contributed by atoms with van der Waals surface area (Å²) in [6.07, 6.45) is 2.90. The maximum Gasteiger partial charge on any atom is 0.180 e. The molecular formula is C11H13FN4. The van der Waals surface area contributed by atoms with E-state index in [4.69, 9.17) is 0 Å². The highest BCUT2D eigenvalue weighted by Gasteiger charge is 2.00. The number of hydrogen-bond donors (Lipinski definition) is 1. The van der Waals surface area contributed by atoms with Crippen LogP contribution in [-0.2, 0) is 0 Å². The van der Waals surface area contributed by atoms with Crippen molar-refractivity contribution >= 4 is 17.0 Å². The predicted molar refractivity (Wildman–Crippen MR) is 61.0 cm³/mol. The maximum absolute atomic E-state index is 12.6. The lowest BCUT2D eigenvalue weighted by atomic mass is 10.3. The molecule has 0 aliphatic carbocycles. The molecule has 0 bridgehead atoms. The molecule has 0 radical (unpaired) electrons. The first-order valence-electron chi connectivity index (χ1n) is 5.21. The molecule has 0 spiro atoms. The summed E-state index contributed by atoms with van der Waals surface area (Å²) in [6.45, 7) is 2.11. The molecule has 4 nitrogen and oxygen atoms in total. The fourth-order valence-corrected chi connectivity index (χ4v) is 1.35. The Morgan fingerprint density at radius 2 is 2.12 bits per heavy atom. The Hall–Kier alpha value is -1.78. The minimum Gasteiger partial charge on any atom is -0.370 e. The van der Waals surface area contributed by atoms with Crippen molar-refractivity contribution in [1.82, 2.24) is 15.0 Å². The third-order valence-electron chi connectivity index (χ3n) is 2.18.